The zero-order valence-electron chi connectivity index (χ0n) is 15.0. The Hall–Kier alpha value is -3.22. The van der Waals surface area contributed by atoms with E-state index in [0.29, 0.717) is 0 Å². The summed E-state index contributed by atoms with van der Waals surface area (Å²) in [5, 5.41) is 12.0. The molecule has 3 rings (SSSR count). The number of nitrogens with one attached hydrogen (secondary N) is 1. The molecular formula is C19H22N6O. The standard InChI is InChI=1S/C19H22N6O/c1-3-24(4-2)16-11-9-15(10-12-16)13-20-22-19(26)14-25-18-8-6-5-7-17(18)21-23-25/h5-13H,3-4,14H2,1-2H3,(H,22,26)/b20-13-. The number of nitrogens with zero attached hydrogens (tertiary/aromatic N) is 5. The third-order valence-corrected chi connectivity index (χ3v) is 4.14. The Labute approximate surface area is 152 Å². The topological polar surface area (TPSA) is 75.4 Å². The summed E-state index contributed by atoms with van der Waals surface area (Å²) in [7, 11) is 0. The van der Waals surface area contributed by atoms with Crippen LogP contribution in [-0.4, -0.2) is 40.2 Å². The second-order valence-electron chi connectivity index (χ2n) is 5.79. The fourth-order valence-electron chi connectivity index (χ4n) is 2.74. The molecule has 0 spiro atoms. The normalized spacial score (nSPS) is 11.2. The fraction of sp³-hybridized carbons (Fsp3) is 0.263. The molecule has 2 aromatic carbocycles. The zero-order chi connectivity index (χ0) is 18.4. The van der Waals surface area contributed by atoms with Gasteiger partial charge in [-0.2, -0.15) is 5.10 Å². The average molecular weight is 350 g/mol. The summed E-state index contributed by atoms with van der Waals surface area (Å²) in [5.41, 5.74) is 6.20. The van der Waals surface area contributed by atoms with Crippen LogP contribution < -0.4 is 10.3 Å². The molecular weight excluding hydrogens is 328 g/mol. The van der Waals surface area contributed by atoms with Gasteiger partial charge in [-0.3, -0.25) is 4.79 Å². The average Bonchev–Trinajstić information content (AvgIpc) is 3.07. The summed E-state index contributed by atoms with van der Waals surface area (Å²) in [5.74, 6) is -0.253. The SMILES string of the molecule is CCN(CC)c1ccc(/C=N\NC(=O)Cn2nnc3ccccc32)cc1. The van der Waals surface area contributed by atoms with Crippen molar-refractivity contribution in [2.45, 2.75) is 20.4 Å². The molecule has 0 saturated heterocycles. The highest BCUT2D eigenvalue weighted by atomic mass is 16.2. The van der Waals surface area contributed by atoms with Gasteiger partial charge >= 0.3 is 0 Å². The van der Waals surface area contributed by atoms with E-state index in [2.05, 4.69) is 51.7 Å². The maximum absolute atomic E-state index is 12.0. The van der Waals surface area contributed by atoms with Crippen LogP contribution in [0.15, 0.2) is 53.6 Å². The summed E-state index contributed by atoms with van der Waals surface area (Å²) >= 11 is 0. The van der Waals surface area contributed by atoms with Gasteiger partial charge in [0.15, 0.2) is 0 Å². The van der Waals surface area contributed by atoms with Crippen molar-refractivity contribution in [1.29, 1.82) is 0 Å². The van der Waals surface area contributed by atoms with E-state index >= 15 is 0 Å². The highest BCUT2D eigenvalue weighted by Crippen LogP contribution is 2.14. The molecule has 26 heavy (non-hydrogen) atoms. The molecule has 0 unspecified atom stereocenters. The lowest BCUT2D eigenvalue weighted by molar-refractivity contribution is -0.121. The van der Waals surface area contributed by atoms with E-state index in [0.717, 1.165) is 29.7 Å². The van der Waals surface area contributed by atoms with Gasteiger partial charge in [0.2, 0.25) is 0 Å². The van der Waals surface area contributed by atoms with E-state index in [-0.39, 0.29) is 12.5 Å². The molecule has 0 aliphatic heterocycles. The minimum Gasteiger partial charge on any atom is -0.372 e. The molecule has 1 aromatic heterocycles. The largest absolute Gasteiger partial charge is 0.372 e. The van der Waals surface area contributed by atoms with Gasteiger partial charge in [-0.1, -0.05) is 29.5 Å². The van der Waals surface area contributed by atoms with Gasteiger partial charge in [0.25, 0.3) is 5.91 Å². The molecule has 0 radical (unpaired) electrons. The fourth-order valence-corrected chi connectivity index (χ4v) is 2.74. The first-order valence-corrected chi connectivity index (χ1v) is 8.66. The highest BCUT2D eigenvalue weighted by molar-refractivity contribution is 5.83. The Kier molecular flexibility index (Phi) is 5.58. The maximum atomic E-state index is 12.0. The number of rotatable bonds is 7. The molecule has 0 saturated carbocycles. The molecule has 1 N–H and O–H groups in total. The molecule has 0 aliphatic rings. The predicted molar refractivity (Wildman–Crippen MR) is 103 cm³/mol. The molecule has 1 amide bonds. The Morgan fingerprint density at radius 2 is 1.88 bits per heavy atom. The molecule has 0 aliphatic carbocycles. The Morgan fingerprint density at radius 1 is 1.15 bits per heavy atom. The number of anilines is 1. The molecule has 7 nitrogen and oxygen atoms in total. The number of fused-ring (bicyclic) bond motifs is 1. The number of para-hydroxylation sites is 1. The number of hydrogen-bond donors (Lipinski definition) is 1. The van der Waals surface area contributed by atoms with Crippen molar-refractivity contribution < 1.29 is 4.79 Å². The summed E-state index contributed by atoms with van der Waals surface area (Å²) in [4.78, 5) is 14.3. The number of carbonyl (C=O) groups is 1. The molecule has 0 atom stereocenters. The molecule has 0 bridgehead atoms. The van der Waals surface area contributed by atoms with E-state index < -0.39 is 0 Å². The molecule has 134 valence electrons. The molecule has 0 fully saturated rings. The number of carbonyl (C=O) groups excluding carboxylic acids is 1. The van der Waals surface area contributed by atoms with Crippen LogP contribution in [0.5, 0.6) is 0 Å². The lowest BCUT2D eigenvalue weighted by atomic mass is 10.2. The smallest absolute Gasteiger partial charge is 0.261 e. The quantitative estimate of drug-likeness (QED) is 0.524. The van der Waals surface area contributed by atoms with E-state index in [4.69, 9.17) is 0 Å². The van der Waals surface area contributed by atoms with Gasteiger partial charge in [0.05, 0.1) is 11.7 Å². The van der Waals surface area contributed by atoms with Gasteiger partial charge in [0, 0.05) is 18.8 Å². The lowest BCUT2D eigenvalue weighted by Gasteiger charge is -2.20. The number of amides is 1. The summed E-state index contributed by atoms with van der Waals surface area (Å²) < 4.78 is 1.55. The summed E-state index contributed by atoms with van der Waals surface area (Å²) in [6.45, 7) is 6.27. The van der Waals surface area contributed by atoms with Gasteiger partial charge in [0.1, 0.15) is 12.1 Å². The van der Waals surface area contributed by atoms with Gasteiger partial charge in [-0.15, -0.1) is 5.10 Å². The van der Waals surface area contributed by atoms with Crippen molar-refractivity contribution >= 4 is 28.8 Å². The third-order valence-electron chi connectivity index (χ3n) is 4.14. The van der Waals surface area contributed by atoms with Crippen molar-refractivity contribution in [3.8, 4) is 0 Å². The molecule has 1 heterocycles. The third kappa shape index (κ3) is 4.05. The van der Waals surface area contributed by atoms with Crippen LogP contribution in [0.4, 0.5) is 5.69 Å². The number of hydrazone groups is 1. The summed E-state index contributed by atoms with van der Waals surface area (Å²) in [6, 6.07) is 15.6. The van der Waals surface area contributed by atoms with Crippen LogP contribution in [-0.2, 0) is 11.3 Å². The van der Waals surface area contributed by atoms with Crippen LogP contribution in [0, 0.1) is 0 Å². The van der Waals surface area contributed by atoms with E-state index in [1.807, 2.05) is 36.4 Å². The van der Waals surface area contributed by atoms with Gasteiger partial charge in [-0.25, -0.2) is 10.1 Å². The van der Waals surface area contributed by atoms with Crippen LogP contribution in [0.3, 0.4) is 0 Å². The zero-order valence-corrected chi connectivity index (χ0v) is 15.0. The van der Waals surface area contributed by atoms with E-state index in [9.17, 15) is 4.79 Å². The first kappa shape index (κ1) is 17.6. The predicted octanol–water partition coefficient (Wildman–Crippen LogP) is 2.43. The number of hydrogen-bond acceptors (Lipinski definition) is 5. The van der Waals surface area contributed by atoms with Crippen LogP contribution in [0.25, 0.3) is 11.0 Å². The van der Waals surface area contributed by atoms with Gasteiger partial charge < -0.3 is 4.90 Å². The highest BCUT2D eigenvalue weighted by Gasteiger charge is 2.07. The number of aromatic nitrogens is 3. The number of benzene rings is 2. The molecule has 7 heteroatoms. The van der Waals surface area contributed by atoms with Crippen molar-refractivity contribution in [2.24, 2.45) is 5.10 Å². The second kappa shape index (κ2) is 8.24. The van der Waals surface area contributed by atoms with Crippen molar-refractivity contribution in [3.63, 3.8) is 0 Å². The van der Waals surface area contributed by atoms with Crippen molar-refractivity contribution in [3.05, 3.63) is 54.1 Å². The maximum Gasteiger partial charge on any atom is 0.261 e. The van der Waals surface area contributed by atoms with E-state index in [1.54, 1.807) is 10.9 Å². The van der Waals surface area contributed by atoms with Crippen LogP contribution in [0.2, 0.25) is 0 Å². The van der Waals surface area contributed by atoms with Crippen LogP contribution in [0.1, 0.15) is 19.4 Å². The van der Waals surface area contributed by atoms with Crippen molar-refractivity contribution in [1.82, 2.24) is 20.4 Å². The second-order valence-corrected chi connectivity index (χ2v) is 5.79. The minimum atomic E-state index is -0.253. The lowest BCUT2D eigenvalue weighted by Crippen LogP contribution is -2.23. The summed E-state index contributed by atoms with van der Waals surface area (Å²) in [6.07, 6.45) is 1.63. The van der Waals surface area contributed by atoms with Gasteiger partial charge in [-0.05, 0) is 43.7 Å². The van der Waals surface area contributed by atoms with Crippen molar-refractivity contribution in [2.75, 3.05) is 18.0 Å². The first-order chi connectivity index (χ1) is 12.7. The van der Waals surface area contributed by atoms with Crippen LogP contribution >= 0.6 is 0 Å². The van der Waals surface area contributed by atoms with E-state index in [1.165, 1.54) is 5.69 Å². The Bertz CT molecular complexity index is 896. The molecule has 3 aromatic rings. The Morgan fingerprint density at radius 3 is 2.62 bits per heavy atom. The minimum absolute atomic E-state index is 0.0682. The Balaban J connectivity index is 1.57. The first-order valence-electron chi connectivity index (χ1n) is 8.66. The monoisotopic (exact) mass is 350 g/mol.